The van der Waals surface area contributed by atoms with Gasteiger partial charge in [-0.1, -0.05) is 0 Å². The topological polar surface area (TPSA) is 34.1 Å². The van der Waals surface area contributed by atoms with Crippen molar-refractivity contribution < 1.29 is 30.7 Å². The summed E-state index contributed by atoms with van der Waals surface area (Å²) in [4.78, 5) is 16.9. The molecule has 2 nitrogen and oxygen atoms in total. The van der Waals surface area contributed by atoms with E-state index < -0.39 is 0 Å². The maximum Gasteiger partial charge on any atom is 2.00 e. The summed E-state index contributed by atoms with van der Waals surface area (Å²) in [5, 5.41) is 0. The first-order chi connectivity index (χ1) is 2.83. The first kappa shape index (κ1) is 15.6. The molecule has 0 aliphatic heterocycles. The van der Waals surface area contributed by atoms with Crippen LogP contribution in [-0.2, 0) is 30.7 Å². The Hall–Kier alpha value is 0.608. The average Bonchev–Trinajstić information content (AvgIpc) is 1.39. The van der Waals surface area contributed by atoms with Gasteiger partial charge in [-0.05, 0) is 0 Å². The Balaban J connectivity index is -0.0000000400. The van der Waals surface area contributed by atoms with E-state index in [1.807, 2.05) is 0 Å². The smallest absolute Gasteiger partial charge is 0.525 e. The molecule has 0 radical (unpaired) electrons. The van der Waals surface area contributed by atoms with Gasteiger partial charge in [0.1, 0.15) is 0 Å². The Morgan fingerprint density at radius 3 is 1.00 bits per heavy atom. The van der Waals surface area contributed by atoms with Crippen molar-refractivity contribution in [3.63, 3.8) is 0 Å². The van der Waals surface area contributed by atoms with Gasteiger partial charge in [0, 0.05) is 0 Å². The second-order valence-electron chi connectivity index (χ2n) is 0.154. The standard InChI is InChI=1S/2CClO.Pt/c2*2-1-3;/q2*-1;+2. The number of hydrogen-bond donors (Lipinski definition) is 0. The van der Waals surface area contributed by atoms with Crippen molar-refractivity contribution in [2.75, 3.05) is 0 Å². The largest absolute Gasteiger partial charge is 2.00 e. The van der Waals surface area contributed by atoms with Crippen molar-refractivity contribution in [2.45, 2.75) is 0 Å². The number of hydrogen-bond acceptors (Lipinski definition) is 2. The molecule has 0 N–H and O–H groups in total. The van der Waals surface area contributed by atoms with E-state index in [1.165, 1.54) is 0 Å². The van der Waals surface area contributed by atoms with Gasteiger partial charge in [-0.3, -0.25) is 0 Å². The fourth-order valence-corrected chi connectivity index (χ4v) is 0. The molecule has 0 unspecified atom stereocenters. The van der Waals surface area contributed by atoms with Crippen molar-refractivity contribution in [1.82, 2.24) is 0 Å². The van der Waals surface area contributed by atoms with Gasteiger partial charge in [0.05, 0.1) is 0 Å². The summed E-state index contributed by atoms with van der Waals surface area (Å²) in [6.07, 6.45) is 0. The zero-order valence-corrected chi connectivity index (χ0v) is 6.67. The second kappa shape index (κ2) is 30.6. The molecule has 0 amide bonds. The van der Waals surface area contributed by atoms with Crippen molar-refractivity contribution in [3.8, 4) is 0 Å². The molecule has 0 saturated heterocycles. The van der Waals surface area contributed by atoms with E-state index in [0.29, 0.717) is 0 Å². The van der Waals surface area contributed by atoms with Crippen LogP contribution >= 0.6 is 23.2 Å². The molecule has 5 heteroatoms. The van der Waals surface area contributed by atoms with Crippen LogP contribution in [0.2, 0.25) is 0 Å². The summed E-state index contributed by atoms with van der Waals surface area (Å²) < 4.78 is 0. The molecule has 44 valence electrons. The van der Waals surface area contributed by atoms with Gasteiger partial charge in [0.25, 0.3) is 0 Å². The fraction of sp³-hybridized carbons (Fsp3) is 0. The maximum atomic E-state index is 8.45. The van der Waals surface area contributed by atoms with E-state index >= 15 is 0 Å². The fourth-order valence-electron chi connectivity index (χ4n) is 0. The molecule has 0 aromatic rings. The van der Waals surface area contributed by atoms with Crippen molar-refractivity contribution in [1.29, 1.82) is 0 Å². The monoisotopic (exact) mass is 321 g/mol. The summed E-state index contributed by atoms with van der Waals surface area (Å²) >= 11 is 8.39. The minimum absolute atomic E-state index is 0. The molecule has 0 heterocycles. The first-order valence-corrected chi connectivity index (χ1v) is 1.54. The molecule has 0 aliphatic rings. The number of rotatable bonds is 0. The number of halogens is 2. The molecule has 7 heavy (non-hydrogen) atoms. The van der Waals surface area contributed by atoms with Crippen LogP contribution in [0.5, 0.6) is 0 Å². The van der Waals surface area contributed by atoms with Gasteiger partial charge in [-0.25, -0.2) is 0 Å². The third-order valence-electron chi connectivity index (χ3n) is 0. The molecule has 0 spiro atoms. The quantitative estimate of drug-likeness (QED) is 0.483. The van der Waals surface area contributed by atoms with E-state index in [9.17, 15) is 0 Å². The Morgan fingerprint density at radius 1 is 1.00 bits per heavy atom. The van der Waals surface area contributed by atoms with Gasteiger partial charge in [0.2, 0.25) is 0 Å². The van der Waals surface area contributed by atoms with Crippen LogP contribution in [0.3, 0.4) is 0 Å². The van der Waals surface area contributed by atoms with Gasteiger partial charge < -0.3 is 32.8 Å². The van der Waals surface area contributed by atoms with Gasteiger partial charge in [-0.15, -0.1) is 0 Å². The third-order valence-corrected chi connectivity index (χ3v) is 0. The van der Waals surface area contributed by atoms with Crippen molar-refractivity contribution in [3.05, 3.63) is 0 Å². The van der Waals surface area contributed by atoms with Gasteiger partial charge in [0.15, 0.2) is 0 Å². The van der Waals surface area contributed by atoms with Crippen LogP contribution in [0.15, 0.2) is 0 Å². The maximum absolute atomic E-state index is 8.45. The molecule has 0 aliphatic carbocycles. The molecule has 0 rings (SSSR count). The summed E-state index contributed by atoms with van der Waals surface area (Å²) in [6.45, 7) is 0. The van der Waals surface area contributed by atoms with E-state index in [-0.39, 0.29) is 21.1 Å². The summed E-state index contributed by atoms with van der Waals surface area (Å²) in [6, 6.07) is 0. The zero-order valence-electron chi connectivity index (χ0n) is 2.89. The van der Waals surface area contributed by atoms with Crippen LogP contribution in [0.4, 0.5) is 0 Å². The second-order valence-corrected chi connectivity index (χ2v) is 0.463. The number of carbonyl (C=O) groups excluding carboxylic acids is 2. The molecule has 0 saturated carbocycles. The van der Waals surface area contributed by atoms with Crippen LogP contribution < -0.4 is 0 Å². The molecule has 0 fully saturated rings. The summed E-state index contributed by atoms with van der Waals surface area (Å²) in [5.74, 6) is 1.94. The van der Waals surface area contributed by atoms with Crippen LogP contribution in [-0.4, -0.2) is 11.5 Å². The minimum atomic E-state index is 0. The first-order valence-electron chi connectivity index (χ1n) is 0.786. The third kappa shape index (κ3) is 379. The SMILES string of the molecule is O=[C-]Cl.O=[C-]Cl.[Pt+2]. The van der Waals surface area contributed by atoms with E-state index in [0.717, 1.165) is 11.5 Å². The Kier molecular flexibility index (Phi) is 68.3. The van der Waals surface area contributed by atoms with Crippen molar-refractivity contribution in [2.24, 2.45) is 0 Å². The summed E-state index contributed by atoms with van der Waals surface area (Å²) in [7, 11) is 0. The Morgan fingerprint density at radius 2 is 1.00 bits per heavy atom. The molecule has 0 atom stereocenters. The zero-order chi connectivity index (χ0) is 5.41. The van der Waals surface area contributed by atoms with Crippen LogP contribution in [0.1, 0.15) is 0 Å². The molecular weight excluding hydrogens is 322 g/mol. The summed E-state index contributed by atoms with van der Waals surface area (Å²) in [5.41, 5.74) is 0. The molecule has 0 aromatic carbocycles. The van der Waals surface area contributed by atoms with Crippen molar-refractivity contribution >= 4 is 34.7 Å². The molecule has 0 bridgehead atoms. The average molecular weight is 322 g/mol. The van der Waals surface area contributed by atoms with E-state index in [1.54, 1.807) is 0 Å². The van der Waals surface area contributed by atoms with E-state index in [2.05, 4.69) is 23.2 Å². The van der Waals surface area contributed by atoms with Crippen LogP contribution in [0, 0.1) is 0 Å². The normalized spacial score (nSPS) is 3.71. The minimum Gasteiger partial charge on any atom is -0.525 e. The van der Waals surface area contributed by atoms with Gasteiger partial charge in [-0.2, -0.15) is 11.5 Å². The van der Waals surface area contributed by atoms with Gasteiger partial charge >= 0.3 is 21.1 Å². The van der Waals surface area contributed by atoms with E-state index in [4.69, 9.17) is 9.59 Å². The Labute approximate surface area is 65.4 Å². The predicted octanol–water partition coefficient (Wildman–Crippen LogP) is 0.582. The predicted molar refractivity (Wildman–Crippen MR) is 23.1 cm³/mol. The molecule has 0 aromatic heterocycles. The van der Waals surface area contributed by atoms with Crippen LogP contribution in [0.25, 0.3) is 0 Å². The molecular formula is C2Cl2O2Pt. The Bertz CT molecular complexity index is 34.7.